The number of ketones is 1. The van der Waals surface area contributed by atoms with Crippen molar-refractivity contribution in [2.75, 3.05) is 59.4 Å². The first-order valence-corrected chi connectivity index (χ1v) is 8.71. The number of hydrogen-bond donors (Lipinski definition) is 1. The molecule has 0 unspecified atom stereocenters. The number of Topliss-reactive ketones (excluding diaryl/α,β-unsaturated/α-hetero) is 1. The summed E-state index contributed by atoms with van der Waals surface area (Å²) in [5.41, 5.74) is 1.03. The smallest absolute Gasteiger partial charge is 0.160 e. The molecule has 144 valence electrons. The van der Waals surface area contributed by atoms with Crippen molar-refractivity contribution < 1.29 is 25.2 Å². The second-order valence-corrected chi connectivity index (χ2v) is 6.12. The van der Waals surface area contributed by atoms with Gasteiger partial charge in [0.1, 0.15) is 6.61 Å². The van der Waals surface area contributed by atoms with E-state index in [1.807, 2.05) is 13.8 Å². The largest absolute Gasteiger partial charge is 0.386 e. The molecule has 0 aromatic carbocycles. The van der Waals surface area contributed by atoms with Gasteiger partial charge >= 0.3 is 0 Å². The molecule has 6 nitrogen and oxygen atoms in total. The highest BCUT2D eigenvalue weighted by Crippen LogP contribution is 2.00. The maximum Gasteiger partial charge on any atom is 0.160 e. The van der Waals surface area contributed by atoms with Crippen molar-refractivity contribution in [2.24, 2.45) is 11.8 Å². The van der Waals surface area contributed by atoms with Crippen LogP contribution in [0.15, 0.2) is 12.3 Å². The van der Waals surface area contributed by atoms with Crippen LogP contribution in [0.3, 0.4) is 0 Å². The van der Waals surface area contributed by atoms with Crippen molar-refractivity contribution in [1.82, 2.24) is 5.32 Å². The Morgan fingerprint density at radius 2 is 1.29 bits per heavy atom. The van der Waals surface area contributed by atoms with Crippen LogP contribution in [-0.4, -0.2) is 65.2 Å². The van der Waals surface area contributed by atoms with E-state index in [-0.39, 0.29) is 19.7 Å². The van der Waals surface area contributed by atoms with E-state index in [0.717, 1.165) is 12.2 Å². The Hall–Kier alpha value is -0.950. The van der Waals surface area contributed by atoms with E-state index in [1.54, 1.807) is 0 Å². The Labute approximate surface area is 148 Å². The van der Waals surface area contributed by atoms with Crippen LogP contribution in [0.4, 0.5) is 0 Å². The Morgan fingerprint density at radius 1 is 0.833 bits per heavy atom. The average Bonchev–Trinajstić information content (AvgIpc) is 2.54. The molecule has 0 aliphatic carbocycles. The number of ether oxygens (including phenoxy) is 4. The van der Waals surface area contributed by atoms with Crippen molar-refractivity contribution in [2.45, 2.75) is 27.7 Å². The minimum atomic E-state index is 0. The van der Waals surface area contributed by atoms with Crippen LogP contribution in [-0.2, 0) is 23.7 Å². The van der Waals surface area contributed by atoms with Gasteiger partial charge in [-0.15, -0.1) is 0 Å². The number of allylic oxidation sites excluding steroid dienone is 1. The Balaban J connectivity index is 0. The summed E-state index contributed by atoms with van der Waals surface area (Å²) in [6.45, 7) is 16.5. The highest BCUT2D eigenvalue weighted by Gasteiger charge is 2.06. The normalized spacial score (nSPS) is 11.2. The summed E-state index contributed by atoms with van der Waals surface area (Å²) in [6, 6.07) is 0. The summed E-state index contributed by atoms with van der Waals surface area (Å²) >= 11 is 0. The Morgan fingerprint density at radius 3 is 1.75 bits per heavy atom. The van der Waals surface area contributed by atoms with Gasteiger partial charge in [0, 0.05) is 19.6 Å². The molecule has 0 saturated carbocycles. The first-order chi connectivity index (χ1) is 11.4. The van der Waals surface area contributed by atoms with Crippen molar-refractivity contribution in [3.05, 3.63) is 12.3 Å². The van der Waals surface area contributed by atoms with Crippen molar-refractivity contribution in [3.63, 3.8) is 0 Å². The van der Waals surface area contributed by atoms with E-state index < -0.39 is 0 Å². The minimum Gasteiger partial charge on any atom is -0.386 e. The van der Waals surface area contributed by atoms with Gasteiger partial charge in [-0.05, 0) is 5.92 Å². The molecule has 6 heteroatoms. The zero-order valence-corrected chi connectivity index (χ0v) is 15.8. The van der Waals surface area contributed by atoms with Gasteiger partial charge in [-0.2, -0.15) is 0 Å². The third kappa shape index (κ3) is 14.6. The van der Waals surface area contributed by atoms with E-state index in [9.17, 15) is 4.79 Å². The molecule has 0 aromatic rings. The standard InChI is InChI=1S/C18H35NO5.H2/c1-15(2)17(5)19-6-7-21-8-9-22-10-11-23-12-13-24-14-18(20)16(3)4;/h15-16,19H,5-14H2,1-4H3;1H. The van der Waals surface area contributed by atoms with Gasteiger partial charge in [-0.3, -0.25) is 4.79 Å². The zero-order valence-electron chi connectivity index (χ0n) is 15.8. The van der Waals surface area contributed by atoms with E-state index in [0.29, 0.717) is 52.2 Å². The van der Waals surface area contributed by atoms with Crippen LogP contribution in [0.25, 0.3) is 0 Å². The van der Waals surface area contributed by atoms with Gasteiger partial charge in [-0.1, -0.05) is 34.3 Å². The maximum absolute atomic E-state index is 11.3. The number of nitrogens with one attached hydrogen (secondary N) is 1. The van der Waals surface area contributed by atoms with Crippen molar-refractivity contribution in [1.29, 1.82) is 0 Å². The molecular weight excluding hydrogens is 310 g/mol. The molecule has 0 bridgehead atoms. The summed E-state index contributed by atoms with van der Waals surface area (Å²) in [4.78, 5) is 11.3. The quantitative estimate of drug-likeness (QED) is 0.407. The second kappa shape index (κ2) is 15.6. The van der Waals surface area contributed by atoms with Gasteiger partial charge in [0.15, 0.2) is 5.78 Å². The van der Waals surface area contributed by atoms with Crippen molar-refractivity contribution in [3.8, 4) is 0 Å². The van der Waals surface area contributed by atoms with Crippen LogP contribution < -0.4 is 5.32 Å². The molecule has 0 saturated heterocycles. The van der Waals surface area contributed by atoms with Gasteiger partial charge in [0.25, 0.3) is 0 Å². The predicted octanol–water partition coefficient (Wildman–Crippen LogP) is 2.28. The number of carbonyl (C=O) groups is 1. The van der Waals surface area contributed by atoms with Crippen LogP contribution in [0, 0.1) is 11.8 Å². The molecule has 0 atom stereocenters. The molecule has 24 heavy (non-hydrogen) atoms. The molecule has 0 amide bonds. The fourth-order valence-corrected chi connectivity index (χ4v) is 1.49. The lowest BCUT2D eigenvalue weighted by Crippen LogP contribution is -2.22. The Kier molecular flexibility index (Phi) is 15.0. The summed E-state index contributed by atoms with van der Waals surface area (Å²) in [7, 11) is 0. The third-order valence-corrected chi connectivity index (χ3v) is 3.30. The first-order valence-electron chi connectivity index (χ1n) is 8.71. The zero-order chi connectivity index (χ0) is 18.2. The lowest BCUT2D eigenvalue weighted by molar-refractivity contribution is -0.127. The van der Waals surface area contributed by atoms with Crippen molar-refractivity contribution >= 4 is 5.78 Å². The SMILES string of the molecule is C=C(NCCOCCOCCOCCOCC(=O)C(C)C)C(C)C.[HH]. The highest BCUT2D eigenvalue weighted by atomic mass is 16.6. The molecule has 0 heterocycles. The van der Waals surface area contributed by atoms with Crippen LogP contribution in [0.1, 0.15) is 29.1 Å². The summed E-state index contributed by atoms with van der Waals surface area (Å²) < 4.78 is 21.4. The third-order valence-electron chi connectivity index (χ3n) is 3.30. The first kappa shape index (κ1) is 23.1. The van der Waals surface area contributed by atoms with Gasteiger partial charge in [0.05, 0.1) is 46.2 Å². The molecule has 0 spiro atoms. The monoisotopic (exact) mass is 347 g/mol. The van der Waals surface area contributed by atoms with Gasteiger partial charge in [0.2, 0.25) is 0 Å². The highest BCUT2D eigenvalue weighted by molar-refractivity contribution is 5.81. The van der Waals surface area contributed by atoms with Crippen LogP contribution in [0.5, 0.6) is 0 Å². The summed E-state index contributed by atoms with van der Waals surface area (Å²) in [5, 5.41) is 3.22. The number of hydrogen-bond acceptors (Lipinski definition) is 6. The van der Waals surface area contributed by atoms with Crippen LogP contribution in [0.2, 0.25) is 0 Å². The summed E-state index contributed by atoms with van der Waals surface area (Å²) in [6.07, 6.45) is 0. The molecule has 0 radical (unpaired) electrons. The van der Waals surface area contributed by atoms with E-state index in [2.05, 4.69) is 25.7 Å². The second-order valence-electron chi connectivity index (χ2n) is 6.12. The van der Waals surface area contributed by atoms with Crippen LogP contribution >= 0.6 is 0 Å². The van der Waals surface area contributed by atoms with E-state index in [4.69, 9.17) is 18.9 Å². The average molecular weight is 347 g/mol. The minimum absolute atomic E-state index is 0. The molecular formula is C18H37NO5. The van der Waals surface area contributed by atoms with E-state index >= 15 is 0 Å². The lowest BCUT2D eigenvalue weighted by Gasteiger charge is -2.12. The molecule has 0 aromatic heterocycles. The molecule has 0 rings (SSSR count). The molecule has 0 aliphatic heterocycles. The maximum atomic E-state index is 11.3. The summed E-state index contributed by atoms with van der Waals surface area (Å²) in [5.74, 6) is 0.572. The topological polar surface area (TPSA) is 66.0 Å². The fraction of sp³-hybridized carbons (Fsp3) is 0.833. The predicted molar refractivity (Wildman–Crippen MR) is 97.2 cm³/mol. The van der Waals surface area contributed by atoms with E-state index in [1.165, 1.54) is 0 Å². The lowest BCUT2D eigenvalue weighted by atomic mass is 10.1. The molecule has 0 fully saturated rings. The fourth-order valence-electron chi connectivity index (χ4n) is 1.49. The number of rotatable bonds is 17. The Bertz CT molecular complexity index is 305. The number of carbonyl (C=O) groups excluding carboxylic acids is 1. The van der Waals surface area contributed by atoms with Gasteiger partial charge in [-0.25, -0.2) is 0 Å². The van der Waals surface area contributed by atoms with Gasteiger partial charge < -0.3 is 24.3 Å². The molecule has 0 aliphatic rings. The molecule has 1 N–H and O–H groups in total.